The van der Waals surface area contributed by atoms with Crippen LogP contribution in [0.4, 0.5) is 5.69 Å². The lowest BCUT2D eigenvalue weighted by Gasteiger charge is -2.12. The number of benzene rings is 2. The summed E-state index contributed by atoms with van der Waals surface area (Å²) < 4.78 is 11.7. The highest BCUT2D eigenvalue weighted by atomic mass is 79.9. The topological polar surface area (TPSA) is 54.3 Å². The van der Waals surface area contributed by atoms with Crippen molar-refractivity contribution in [3.8, 4) is 17.6 Å². The smallest absolute Gasteiger partial charge is 0.161 e. The van der Waals surface area contributed by atoms with E-state index in [1.165, 1.54) is 0 Å². The fourth-order valence-electron chi connectivity index (χ4n) is 2.06. The fourth-order valence-corrected chi connectivity index (χ4v) is 2.42. The van der Waals surface area contributed by atoms with Crippen molar-refractivity contribution in [2.75, 3.05) is 19.0 Å². The summed E-state index contributed by atoms with van der Waals surface area (Å²) >= 11 is 3.37. The minimum absolute atomic E-state index is 0.596. The summed E-state index contributed by atoms with van der Waals surface area (Å²) in [6.45, 7) is 3.13. The Morgan fingerprint density at radius 3 is 2.68 bits per heavy atom. The molecule has 114 valence electrons. The van der Waals surface area contributed by atoms with E-state index in [9.17, 15) is 5.26 Å². The third kappa shape index (κ3) is 3.92. The molecule has 0 fully saturated rings. The van der Waals surface area contributed by atoms with Crippen LogP contribution in [-0.4, -0.2) is 13.7 Å². The normalized spacial score (nSPS) is 9.91. The highest BCUT2D eigenvalue weighted by molar-refractivity contribution is 9.10. The largest absolute Gasteiger partial charge is 0.493 e. The summed E-state index contributed by atoms with van der Waals surface area (Å²) in [5.41, 5.74) is 2.46. The third-order valence-electron chi connectivity index (χ3n) is 3.11. The maximum Gasteiger partial charge on any atom is 0.161 e. The van der Waals surface area contributed by atoms with Crippen LogP contribution in [0, 0.1) is 11.3 Å². The second-order valence-electron chi connectivity index (χ2n) is 4.57. The Kier molecular flexibility index (Phi) is 5.68. The molecule has 2 aromatic rings. The summed E-state index contributed by atoms with van der Waals surface area (Å²) in [4.78, 5) is 0. The van der Waals surface area contributed by atoms with Crippen LogP contribution in [-0.2, 0) is 6.54 Å². The Morgan fingerprint density at radius 1 is 1.18 bits per heavy atom. The van der Waals surface area contributed by atoms with Gasteiger partial charge in [0.1, 0.15) is 6.07 Å². The minimum Gasteiger partial charge on any atom is -0.493 e. The molecule has 5 heteroatoms. The molecule has 0 unspecified atom stereocenters. The van der Waals surface area contributed by atoms with Crippen LogP contribution in [0.5, 0.6) is 11.5 Å². The lowest BCUT2D eigenvalue weighted by Crippen LogP contribution is -2.02. The van der Waals surface area contributed by atoms with Crippen molar-refractivity contribution in [1.29, 1.82) is 5.26 Å². The van der Waals surface area contributed by atoms with E-state index in [0.717, 1.165) is 21.5 Å². The van der Waals surface area contributed by atoms with Crippen molar-refractivity contribution >= 4 is 21.6 Å². The molecule has 0 amide bonds. The number of anilines is 1. The number of nitrogens with zero attached hydrogens (tertiary/aromatic N) is 1. The minimum atomic E-state index is 0.596. The van der Waals surface area contributed by atoms with Crippen molar-refractivity contribution in [3.63, 3.8) is 0 Å². The fraction of sp³-hybridized carbons (Fsp3) is 0.235. The van der Waals surface area contributed by atoms with Gasteiger partial charge in [0, 0.05) is 11.0 Å². The van der Waals surface area contributed by atoms with Crippen LogP contribution >= 0.6 is 15.9 Å². The summed E-state index contributed by atoms with van der Waals surface area (Å²) in [6, 6.07) is 13.6. The molecule has 4 nitrogen and oxygen atoms in total. The van der Waals surface area contributed by atoms with E-state index in [1.54, 1.807) is 13.2 Å². The molecule has 2 aromatic carbocycles. The van der Waals surface area contributed by atoms with Gasteiger partial charge in [-0.05, 0) is 42.8 Å². The van der Waals surface area contributed by atoms with Gasteiger partial charge in [-0.25, -0.2) is 0 Å². The molecular weight excluding hydrogens is 344 g/mol. The Balaban J connectivity index is 2.13. The van der Waals surface area contributed by atoms with Crippen molar-refractivity contribution in [2.24, 2.45) is 0 Å². The molecule has 0 bridgehead atoms. The second-order valence-corrected chi connectivity index (χ2v) is 5.49. The van der Waals surface area contributed by atoms with E-state index in [0.29, 0.717) is 24.5 Å². The SMILES string of the molecule is CCOc1ccc(CNc2ccc(Br)cc2C#N)cc1OC. The van der Waals surface area contributed by atoms with Gasteiger partial charge in [0.15, 0.2) is 11.5 Å². The monoisotopic (exact) mass is 360 g/mol. The summed E-state index contributed by atoms with van der Waals surface area (Å²) in [5.74, 6) is 1.44. The van der Waals surface area contributed by atoms with E-state index in [4.69, 9.17) is 9.47 Å². The van der Waals surface area contributed by atoms with Crippen LogP contribution in [0.2, 0.25) is 0 Å². The number of methoxy groups -OCH3 is 1. The lowest BCUT2D eigenvalue weighted by molar-refractivity contribution is 0.310. The molecule has 0 saturated heterocycles. The molecule has 0 aliphatic rings. The number of rotatable bonds is 6. The summed E-state index contributed by atoms with van der Waals surface area (Å²) in [7, 11) is 1.62. The molecule has 0 radical (unpaired) electrons. The number of hydrogen-bond acceptors (Lipinski definition) is 4. The first-order valence-electron chi connectivity index (χ1n) is 6.91. The molecule has 0 spiro atoms. The van der Waals surface area contributed by atoms with E-state index in [-0.39, 0.29) is 0 Å². The Morgan fingerprint density at radius 2 is 2.00 bits per heavy atom. The molecule has 0 atom stereocenters. The maximum atomic E-state index is 9.17. The van der Waals surface area contributed by atoms with Crippen LogP contribution in [0.15, 0.2) is 40.9 Å². The number of nitriles is 1. The highest BCUT2D eigenvalue weighted by Crippen LogP contribution is 2.28. The average molecular weight is 361 g/mol. The zero-order chi connectivity index (χ0) is 15.9. The van der Waals surface area contributed by atoms with Crippen LogP contribution in [0.25, 0.3) is 0 Å². The number of hydrogen-bond donors (Lipinski definition) is 1. The molecule has 0 saturated carbocycles. The zero-order valence-electron chi connectivity index (χ0n) is 12.5. The van der Waals surface area contributed by atoms with Crippen molar-refractivity contribution in [2.45, 2.75) is 13.5 Å². The first-order valence-corrected chi connectivity index (χ1v) is 7.70. The summed E-state index contributed by atoms with van der Waals surface area (Å²) in [5, 5.41) is 12.4. The van der Waals surface area contributed by atoms with Crippen LogP contribution in [0.3, 0.4) is 0 Å². The van der Waals surface area contributed by atoms with Gasteiger partial charge in [-0.15, -0.1) is 0 Å². The first-order chi connectivity index (χ1) is 10.7. The highest BCUT2D eigenvalue weighted by Gasteiger charge is 2.07. The van der Waals surface area contributed by atoms with Gasteiger partial charge in [0.25, 0.3) is 0 Å². The molecule has 1 N–H and O–H groups in total. The molecule has 2 rings (SSSR count). The number of halogens is 1. The molecule has 0 aromatic heterocycles. The molecule has 0 aliphatic carbocycles. The first kappa shape index (κ1) is 16.2. The quantitative estimate of drug-likeness (QED) is 0.832. The van der Waals surface area contributed by atoms with Crippen LogP contribution < -0.4 is 14.8 Å². The Labute approximate surface area is 138 Å². The van der Waals surface area contributed by atoms with Gasteiger partial charge < -0.3 is 14.8 Å². The van der Waals surface area contributed by atoms with Crippen molar-refractivity contribution in [3.05, 3.63) is 52.0 Å². The average Bonchev–Trinajstić information content (AvgIpc) is 2.54. The van der Waals surface area contributed by atoms with Crippen LogP contribution in [0.1, 0.15) is 18.1 Å². The molecule has 0 heterocycles. The number of ether oxygens (including phenoxy) is 2. The van der Waals surface area contributed by atoms with Gasteiger partial charge in [-0.2, -0.15) is 5.26 Å². The standard InChI is InChI=1S/C17H17BrN2O2/c1-3-22-16-7-4-12(8-17(16)21-2)11-20-15-6-5-14(18)9-13(15)10-19/h4-9,20H,3,11H2,1-2H3. The zero-order valence-corrected chi connectivity index (χ0v) is 14.1. The van der Waals surface area contributed by atoms with Gasteiger partial charge in [0.05, 0.1) is 25.0 Å². The molecule has 22 heavy (non-hydrogen) atoms. The Hall–Kier alpha value is -2.19. The van der Waals surface area contributed by atoms with E-state index in [1.807, 2.05) is 37.3 Å². The van der Waals surface area contributed by atoms with E-state index in [2.05, 4.69) is 27.3 Å². The number of nitrogens with one attached hydrogen (secondary N) is 1. The van der Waals surface area contributed by atoms with E-state index < -0.39 is 0 Å². The predicted molar refractivity (Wildman–Crippen MR) is 90.3 cm³/mol. The second kappa shape index (κ2) is 7.71. The summed E-state index contributed by atoms with van der Waals surface area (Å²) in [6.07, 6.45) is 0. The van der Waals surface area contributed by atoms with E-state index >= 15 is 0 Å². The maximum absolute atomic E-state index is 9.17. The third-order valence-corrected chi connectivity index (χ3v) is 3.61. The van der Waals surface area contributed by atoms with Crippen molar-refractivity contribution in [1.82, 2.24) is 0 Å². The van der Waals surface area contributed by atoms with Gasteiger partial charge in [-0.1, -0.05) is 22.0 Å². The van der Waals surface area contributed by atoms with Gasteiger partial charge in [-0.3, -0.25) is 0 Å². The molecule has 0 aliphatic heterocycles. The van der Waals surface area contributed by atoms with Crippen molar-refractivity contribution < 1.29 is 9.47 Å². The Bertz CT molecular complexity index is 696. The molecular formula is C17H17BrN2O2. The lowest BCUT2D eigenvalue weighted by atomic mass is 10.1. The van der Waals surface area contributed by atoms with Gasteiger partial charge >= 0.3 is 0 Å². The van der Waals surface area contributed by atoms with Gasteiger partial charge in [0.2, 0.25) is 0 Å². The predicted octanol–water partition coefficient (Wildman–Crippen LogP) is 4.34.